The van der Waals surface area contributed by atoms with Crippen molar-refractivity contribution in [1.82, 2.24) is 9.88 Å². The van der Waals surface area contributed by atoms with E-state index in [1.165, 1.54) is 0 Å². The number of carbonyl (C=O) groups excluding carboxylic acids is 2. The summed E-state index contributed by atoms with van der Waals surface area (Å²) in [5.74, 6) is -0.223. The van der Waals surface area contributed by atoms with E-state index in [-0.39, 0.29) is 11.9 Å². The fourth-order valence-corrected chi connectivity index (χ4v) is 2.85. The van der Waals surface area contributed by atoms with Gasteiger partial charge in [0.1, 0.15) is 0 Å². The monoisotopic (exact) mass is 321 g/mol. The van der Waals surface area contributed by atoms with E-state index in [1.807, 2.05) is 36.0 Å². The van der Waals surface area contributed by atoms with Crippen molar-refractivity contribution in [3.05, 3.63) is 28.9 Å². The van der Waals surface area contributed by atoms with Crippen molar-refractivity contribution in [2.24, 2.45) is 7.05 Å². The van der Waals surface area contributed by atoms with Gasteiger partial charge < -0.3 is 4.57 Å². The number of nitrogens with one attached hydrogen (secondary N) is 1. The van der Waals surface area contributed by atoms with Gasteiger partial charge in [0.05, 0.1) is 11.2 Å². The number of hydrogen-bond donors (Lipinski definition) is 1. The summed E-state index contributed by atoms with van der Waals surface area (Å²) < 4.78 is 2.88. The van der Waals surface area contributed by atoms with Crippen molar-refractivity contribution in [3.63, 3.8) is 0 Å². The van der Waals surface area contributed by atoms with Crippen molar-refractivity contribution in [3.8, 4) is 0 Å². The average Bonchev–Trinajstić information content (AvgIpc) is 2.70. The lowest BCUT2D eigenvalue weighted by Gasteiger charge is -2.27. The number of benzene rings is 1. The Morgan fingerprint density at radius 1 is 1.32 bits per heavy atom. The van der Waals surface area contributed by atoms with Crippen LogP contribution in [0.25, 0.3) is 10.9 Å². The van der Waals surface area contributed by atoms with Gasteiger partial charge >= 0.3 is 6.03 Å². The molecule has 0 saturated carbocycles. The summed E-state index contributed by atoms with van der Waals surface area (Å²) in [6.07, 6.45) is 2.28. The molecule has 98 valence electrons. The van der Waals surface area contributed by atoms with Gasteiger partial charge in [-0.15, -0.1) is 0 Å². The molecule has 3 amide bonds. The number of urea groups is 1. The first-order chi connectivity index (χ1) is 9.06. The van der Waals surface area contributed by atoms with E-state index in [2.05, 4.69) is 21.2 Å². The van der Waals surface area contributed by atoms with Crippen molar-refractivity contribution in [2.45, 2.75) is 6.42 Å². The van der Waals surface area contributed by atoms with Crippen molar-refractivity contribution in [1.29, 1.82) is 0 Å². The molecule has 1 aromatic heterocycles. The lowest BCUT2D eigenvalue weighted by atomic mass is 10.2. The minimum atomic E-state index is -0.364. The highest BCUT2D eigenvalue weighted by Crippen LogP contribution is 2.32. The standard InChI is InChI=1S/C13H12BrN3O2/c1-16-4-2-8-6-9(14)7-10(12(8)16)17-5-3-11(18)15-13(17)19/h2,4,6-7H,3,5H2,1H3,(H,15,18,19). The number of anilines is 1. The van der Waals surface area contributed by atoms with Gasteiger partial charge in [-0.2, -0.15) is 0 Å². The SMILES string of the molecule is Cn1ccc2cc(Br)cc(N3CCC(=O)NC3=O)c21. The van der Waals surface area contributed by atoms with Crippen molar-refractivity contribution < 1.29 is 9.59 Å². The zero-order chi connectivity index (χ0) is 13.6. The first-order valence-electron chi connectivity index (χ1n) is 5.92. The minimum absolute atomic E-state index is 0.223. The number of aryl methyl sites for hydroxylation is 1. The third kappa shape index (κ3) is 2.02. The molecule has 1 saturated heterocycles. The third-order valence-corrected chi connectivity index (χ3v) is 3.72. The number of aromatic nitrogens is 1. The summed E-state index contributed by atoms with van der Waals surface area (Å²) in [6, 6.07) is 5.54. The molecule has 0 bridgehead atoms. The van der Waals surface area contributed by atoms with Crippen LogP contribution in [-0.2, 0) is 11.8 Å². The molecule has 1 aromatic carbocycles. The smallest absolute Gasteiger partial charge is 0.328 e. The van der Waals surface area contributed by atoms with Crippen LogP contribution >= 0.6 is 15.9 Å². The van der Waals surface area contributed by atoms with Crippen LogP contribution in [0.4, 0.5) is 10.5 Å². The lowest BCUT2D eigenvalue weighted by Crippen LogP contribution is -2.49. The molecule has 2 aromatic rings. The number of fused-ring (bicyclic) bond motifs is 1. The molecular formula is C13H12BrN3O2. The summed E-state index contributed by atoms with van der Waals surface area (Å²) in [7, 11) is 1.94. The number of hydrogen-bond acceptors (Lipinski definition) is 2. The van der Waals surface area contributed by atoms with E-state index in [4.69, 9.17) is 0 Å². The predicted molar refractivity (Wildman–Crippen MR) is 76.1 cm³/mol. The maximum absolute atomic E-state index is 12.0. The van der Waals surface area contributed by atoms with E-state index in [9.17, 15) is 9.59 Å². The fourth-order valence-electron chi connectivity index (χ4n) is 2.38. The number of imide groups is 1. The lowest BCUT2D eigenvalue weighted by molar-refractivity contribution is -0.120. The first-order valence-corrected chi connectivity index (χ1v) is 6.71. The van der Waals surface area contributed by atoms with Gasteiger partial charge in [0.2, 0.25) is 5.91 Å². The average molecular weight is 322 g/mol. The molecule has 5 nitrogen and oxygen atoms in total. The third-order valence-electron chi connectivity index (χ3n) is 3.26. The summed E-state index contributed by atoms with van der Waals surface area (Å²) >= 11 is 3.46. The van der Waals surface area contributed by atoms with E-state index in [1.54, 1.807) is 4.90 Å². The zero-order valence-electron chi connectivity index (χ0n) is 10.3. The maximum Gasteiger partial charge on any atom is 0.328 e. The normalized spacial score (nSPS) is 16.0. The molecule has 1 fully saturated rings. The molecule has 0 atom stereocenters. The van der Waals surface area contributed by atoms with Crippen LogP contribution in [-0.4, -0.2) is 23.1 Å². The molecule has 6 heteroatoms. The second kappa shape index (κ2) is 4.38. The molecular weight excluding hydrogens is 310 g/mol. The number of nitrogens with zero attached hydrogens (tertiary/aromatic N) is 2. The largest absolute Gasteiger partial charge is 0.349 e. The number of carbonyl (C=O) groups is 2. The van der Waals surface area contributed by atoms with Gasteiger partial charge in [-0.05, 0) is 18.2 Å². The molecule has 0 unspecified atom stereocenters. The zero-order valence-corrected chi connectivity index (χ0v) is 11.9. The van der Waals surface area contributed by atoms with E-state index >= 15 is 0 Å². The Labute approximate surface area is 118 Å². The number of amides is 3. The molecule has 1 aliphatic heterocycles. The Hall–Kier alpha value is -1.82. The minimum Gasteiger partial charge on any atom is -0.349 e. The highest BCUT2D eigenvalue weighted by Gasteiger charge is 2.26. The van der Waals surface area contributed by atoms with Gasteiger partial charge in [-0.1, -0.05) is 15.9 Å². The quantitative estimate of drug-likeness (QED) is 0.876. The molecule has 2 heterocycles. The molecule has 1 N–H and O–H groups in total. The van der Waals surface area contributed by atoms with Crippen molar-refractivity contribution in [2.75, 3.05) is 11.4 Å². The van der Waals surface area contributed by atoms with Gasteiger partial charge in [0.15, 0.2) is 0 Å². The van der Waals surface area contributed by atoms with E-state index < -0.39 is 0 Å². The van der Waals surface area contributed by atoms with Gasteiger partial charge in [0.25, 0.3) is 0 Å². The van der Waals surface area contributed by atoms with E-state index in [0.29, 0.717) is 13.0 Å². The number of halogens is 1. The molecule has 0 aliphatic carbocycles. The summed E-state index contributed by atoms with van der Waals surface area (Å²) in [5, 5.41) is 3.40. The fraction of sp³-hybridized carbons (Fsp3) is 0.231. The molecule has 1 aliphatic rings. The van der Waals surface area contributed by atoms with Crippen LogP contribution in [0.1, 0.15) is 6.42 Å². The Bertz CT molecular complexity index is 692. The van der Waals surface area contributed by atoms with Crippen LogP contribution in [0.15, 0.2) is 28.9 Å². The first kappa shape index (κ1) is 12.2. The maximum atomic E-state index is 12.0. The Morgan fingerprint density at radius 2 is 2.11 bits per heavy atom. The van der Waals surface area contributed by atoms with Crippen LogP contribution in [0, 0.1) is 0 Å². The predicted octanol–water partition coefficient (Wildman–Crippen LogP) is 2.39. The molecule has 3 rings (SSSR count). The Balaban J connectivity index is 2.16. The highest BCUT2D eigenvalue weighted by molar-refractivity contribution is 9.10. The summed E-state index contributed by atoms with van der Waals surface area (Å²) in [4.78, 5) is 24.8. The van der Waals surface area contributed by atoms with Gasteiger partial charge in [-0.25, -0.2) is 4.79 Å². The molecule has 0 spiro atoms. The second-order valence-corrected chi connectivity index (χ2v) is 5.46. The molecule has 19 heavy (non-hydrogen) atoms. The Morgan fingerprint density at radius 3 is 2.84 bits per heavy atom. The van der Waals surface area contributed by atoms with Crippen LogP contribution in [0.3, 0.4) is 0 Å². The van der Waals surface area contributed by atoms with Crippen LogP contribution in [0.5, 0.6) is 0 Å². The Kier molecular flexibility index (Phi) is 2.82. The van der Waals surface area contributed by atoms with Crippen molar-refractivity contribution >= 4 is 44.5 Å². The van der Waals surface area contributed by atoms with Gasteiger partial charge in [-0.3, -0.25) is 15.0 Å². The topological polar surface area (TPSA) is 54.3 Å². The second-order valence-electron chi connectivity index (χ2n) is 4.54. The molecule has 0 radical (unpaired) electrons. The summed E-state index contributed by atoms with van der Waals surface area (Å²) in [6.45, 7) is 0.404. The van der Waals surface area contributed by atoms with E-state index in [0.717, 1.165) is 21.1 Å². The van der Waals surface area contributed by atoms with Crippen LogP contribution in [0.2, 0.25) is 0 Å². The van der Waals surface area contributed by atoms with Gasteiger partial charge in [0, 0.05) is 36.1 Å². The highest BCUT2D eigenvalue weighted by atomic mass is 79.9. The van der Waals surface area contributed by atoms with Crippen LogP contribution < -0.4 is 10.2 Å². The number of rotatable bonds is 1. The summed E-state index contributed by atoms with van der Waals surface area (Å²) in [5.41, 5.74) is 1.79.